The van der Waals surface area contributed by atoms with E-state index < -0.39 is 0 Å². The van der Waals surface area contributed by atoms with Gasteiger partial charge in [0.2, 0.25) is 0 Å². The fourth-order valence-electron chi connectivity index (χ4n) is 2.58. The first-order chi connectivity index (χ1) is 13.0. The molecule has 5 nitrogen and oxygen atoms in total. The van der Waals surface area contributed by atoms with E-state index in [4.69, 9.17) is 23.2 Å². The third-order valence-corrected chi connectivity index (χ3v) is 4.24. The molecular formula is C20H17Cl2N5. The summed E-state index contributed by atoms with van der Waals surface area (Å²) >= 11 is 12.2. The Morgan fingerprint density at radius 3 is 2.56 bits per heavy atom. The average Bonchev–Trinajstić information content (AvgIpc) is 2.62. The molecule has 0 unspecified atom stereocenters. The highest BCUT2D eigenvalue weighted by atomic mass is 35.5. The van der Waals surface area contributed by atoms with Crippen LogP contribution in [0.4, 0.5) is 11.5 Å². The lowest BCUT2D eigenvalue weighted by Crippen LogP contribution is -2.02. The molecule has 1 N–H and O–H groups in total. The molecule has 0 bridgehead atoms. The minimum Gasteiger partial charge on any atom is -0.340 e. The normalized spacial score (nSPS) is 11.9. The maximum atomic E-state index is 6.12. The zero-order valence-corrected chi connectivity index (χ0v) is 16.4. The predicted molar refractivity (Wildman–Crippen MR) is 116 cm³/mol. The van der Waals surface area contributed by atoms with Gasteiger partial charge in [-0.2, -0.15) is 0 Å². The number of aromatic nitrogens is 2. The summed E-state index contributed by atoms with van der Waals surface area (Å²) in [4.78, 5) is 17.4. The lowest BCUT2D eigenvalue weighted by molar-refractivity contribution is 1.14. The molecule has 3 rings (SSSR count). The highest BCUT2D eigenvalue weighted by Crippen LogP contribution is 2.30. The minimum absolute atomic E-state index is 0.424. The van der Waals surface area contributed by atoms with Crippen molar-refractivity contribution in [3.8, 4) is 0 Å². The Morgan fingerprint density at radius 2 is 1.89 bits per heavy atom. The van der Waals surface area contributed by atoms with Crippen LogP contribution in [0.1, 0.15) is 18.3 Å². The second-order valence-corrected chi connectivity index (χ2v) is 6.60. The number of aryl methyl sites for hydroxylation is 1. The average molecular weight is 398 g/mol. The van der Waals surface area contributed by atoms with Crippen molar-refractivity contribution in [1.82, 2.24) is 9.97 Å². The van der Waals surface area contributed by atoms with Gasteiger partial charge >= 0.3 is 0 Å². The van der Waals surface area contributed by atoms with Crippen LogP contribution in [0, 0.1) is 6.92 Å². The number of anilines is 2. The third-order valence-electron chi connectivity index (χ3n) is 3.80. The zero-order chi connectivity index (χ0) is 19.4. The lowest BCUT2D eigenvalue weighted by Gasteiger charge is -2.12. The number of rotatable bonds is 5. The summed E-state index contributed by atoms with van der Waals surface area (Å²) in [6.07, 6.45) is 3.23. The number of benzene rings is 2. The topological polar surface area (TPSA) is 62.5 Å². The standard InChI is InChI=1S/C20H17Cl2N5/c1-4-24-11-17(23-3)20-26-18-12(2)6-5-7-16(18)19(27-20)25-15-9-13(21)8-14(22)10-15/h4-11H,3H2,1-2H3,(H,25,26,27)/b17-11-,24-4-. The molecule has 0 aliphatic heterocycles. The Balaban J connectivity index is 2.20. The van der Waals surface area contributed by atoms with Crippen molar-refractivity contribution < 1.29 is 0 Å². The fraction of sp³-hybridized carbons (Fsp3) is 0.100. The van der Waals surface area contributed by atoms with Crippen LogP contribution >= 0.6 is 23.2 Å². The van der Waals surface area contributed by atoms with Gasteiger partial charge in [0.1, 0.15) is 11.5 Å². The van der Waals surface area contributed by atoms with Crippen molar-refractivity contribution in [2.45, 2.75) is 13.8 Å². The van der Waals surface area contributed by atoms with E-state index in [2.05, 4.69) is 32.0 Å². The van der Waals surface area contributed by atoms with Gasteiger partial charge < -0.3 is 5.32 Å². The molecule has 0 saturated heterocycles. The Morgan fingerprint density at radius 1 is 1.15 bits per heavy atom. The van der Waals surface area contributed by atoms with E-state index in [-0.39, 0.29) is 0 Å². The van der Waals surface area contributed by atoms with Crippen LogP contribution < -0.4 is 5.32 Å². The van der Waals surface area contributed by atoms with Crippen LogP contribution in [0.2, 0.25) is 10.0 Å². The number of halogens is 2. The first-order valence-corrected chi connectivity index (χ1v) is 8.93. The highest BCUT2D eigenvalue weighted by molar-refractivity contribution is 6.35. The number of nitrogens with one attached hydrogen (secondary N) is 1. The number of fused-ring (bicyclic) bond motifs is 1. The number of nitrogens with zero attached hydrogens (tertiary/aromatic N) is 4. The first-order valence-electron chi connectivity index (χ1n) is 8.17. The number of para-hydroxylation sites is 1. The molecular weight excluding hydrogens is 381 g/mol. The van der Waals surface area contributed by atoms with Gasteiger partial charge in [-0.1, -0.05) is 35.3 Å². The number of hydrogen-bond acceptors (Lipinski definition) is 5. The van der Waals surface area contributed by atoms with Crippen LogP contribution in [0.5, 0.6) is 0 Å². The van der Waals surface area contributed by atoms with Crippen molar-refractivity contribution in [3.63, 3.8) is 0 Å². The molecule has 0 spiro atoms. The van der Waals surface area contributed by atoms with Crippen LogP contribution in [-0.2, 0) is 0 Å². The largest absolute Gasteiger partial charge is 0.340 e. The van der Waals surface area contributed by atoms with Gasteiger partial charge in [0.25, 0.3) is 0 Å². The van der Waals surface area contributed by atoms with Crippen molar-refractivity contribution in [3.05, 3.63) is 64.0 Å². The van der Waals surface area contributed by atoms with Crippen LogP contribution in [0.15, 0.2) is 52.6 Å². The molecule has 0 fully saturated rings. The predicted octanol–water partition coefficient (Wildman–Crippen LogP) is 6.08. The van der Waals surface area contributed by atoms with Crippen molar-refractivity contribution in [1.29, 1.82) is 0 Å². The Hall–Kier alpha value is -2.76. The highest BCUT2D eigenvalue weighted by Gasteiger charge is 2.13. The van der Waals surface area contributed by atoms with E-state index in [0.29, 0.717) is 27.4 Å². The molecule has 0 aliphatic rings. The van der Waals surface area contributed by atoms with Gasteiger partial charge in [0.05, 0.1) is 11.7 Å². The monoisotopic (exact) mass is 397 g/mol. The van der Waals surface area contributed by atoms with E-state index in [9.17, 15) is 0 Å². The molecule has 0 atom stereocenters. The maximum Gasteiger partial charge on any atom is 0.182 e. The molecule has 0 amide bonds. The number of hydrogen-bond donors (Lipinski definition) is 1. The molecule has 27 heavy (non-hydrogen) atoms. The quantitative estimate of drug-likeness (QED) is 0.530. The van der Waals surface area contributed by atoms with Crippen molar-refractivity contribution in [2.75, 3.05) is 5.32 Å². The van der Waals surface area contributed by atoms with Crippen LogP contribution in [0.3, 0.4) is 0 Å². The molecule has 0 aliphatic carbocycles. The summed E-state index contributed by atoms with van der Waals surface area (Å²) in [7, 11) is 0. The van der Waals surface area contributed by atoms with Gasteiger partial charge in [-0.05, 0) is 50.4 Å². The summed E-state index contributed by atoms with van der Waals surface area (Å²) in [6.45, 7) is 7.41. The minimum atomic E-state index is 0.424. The summed E-state index contributed by atoms with van der Waals surface area (Å²) in [5.74, 6) is 1.04. The first kappa shape index (κ1) is 19.0. The molecule has 1 aromatic heterocycles. The zero-order valence-electron chi connectivity index (χ0n) is 14.9. The van der Waals surface area contributed by atoms with E-state index in [0.717, 1.165) is 22.2 Å². The SMILES string of the molecule is C=N/C(=C\N=C/C)c1nc(Nc2cc(Cl)cc(Cl)c2)c2cccc(C)c2n1. The van der Waals surface area contributed by atoms with E-state index in [1.54, 1.807) is 30.6 Å². The van der Waals surface area contributed by atoms with Crippen LogP contribution in [-0.4, -0.2) is 22.9 Å². The summed E-state index contributed by atoms with van der Waals surface area (Å²) in [5.41, 5.74) is 3.04. The number of aliphatic imine (C=N–C) groups is 2. The fourth-order valence-corrected chi connectivity index (χ4v) is 3.11. The van der Waals surface area contributed by atoms with Crippen molar-refractivity contribution >= 4 is 64.2 Å². The Labute approximate surface area is 167 Å². The molecule has 0 radical (unpaired) electrons. The molecule has 3 aromatic rings. The van der Waals surface area contributed by atoms with Gasteiger partial charge in [-0.15, -0.1) is 0 Å². The lowest BCUT2D eigenvalue weighted by atomic mass is 10.1. The van der Waals surface area contributed by atoms with Gasteiger partial charge in [0.15, 0.2) is 5.82 Å². The van der Waals surface area contributed by atoms with E-state index in [1.165, 1.54) is 0 Å². The summed E-state index contributed by atoms with van der Waals surface area (Å²) in [6, 6.07) is 11.1. The Bertz CT molecular complexity index is 1050. The van der Waals surface area contributed by atoms with E-state index >= 15 is 0 Å². The second-order valence-electron chi connectivity index (χ2n) is 5.73. The van der Waals surface area contributed by atoms with E-state index in [1.807, 2.05) is 32.0 Å². The summed E-state index contributed by atoms with van der Waals surface area (Å²) in [5, 5.41) is 5.22. The molecule has 0 saturated carbocycles. The Kier molecular flexibility index (Phi) is 5.84. The van der Waals surface area contributed by atoms with Gasteiger partial charge in [0, 0.05) is 27.3 Å². The van der Waals surface area contributed by atoms with Crippen LogP contribution in [0.25, 0.3) is 16.6 Å². The molecule has 2 aromatic carbocycles. The van der Waals surface area contributed by atoms with Gasteiger partial charge in [-0.3, -0.25) is 9.98 Å². The smallest absolute Gasteiger partial charge is 0.182 e. The van der Waals surface area contributed by atoms with Gasteiger partial charge in [-0.25, -0.2) is 9.97 Å². The maximum absolute atomic E-state index is 6.12. The molecule has 136 valence electrons. The second kappa shape index (κ2) is 8.29. The van der Waals surface area contributed by atoms with Crippen molar-refractivity contribution in [2.24, 2.45) is 9.98 Å². The molecule has 1 heterocycles. The third kappa shape index (κ3) is 4.32. The summed E-state index contributed by atoms with van der Waals surface area (Å²) < 4.78 is 0. The molecule has 7 heteroatoms.